The molecule has 0 aromatic rings. The third-order valence-corrected chi connectivity index (χ3v) is 2.42. The fourth-order valence-electron chi connectivity index (χ4n) is 1.38. The standard InChI is InChI=1S/C11H20FNO4/c1-3-4-5-8(12)6-7-9(10(14)15)13-11(16)17-2/h8-9H,3-7H2,1-2H3,(H,13,16)(H,14,15)/t8?,9-/m1/s1. The fourth-order valence-corrected chi connectivity index (χ4v) is 1.38. The molecule has 2 atom stereocenters. The van der Waals surface area contributed by atoms with Gasteiger partial charge in [-0.15, -0.1) is 0 Å². The van der Waals surface area contributed by atoms with Crippen molar-refractivity contribution in [1.29, 1.82) is 0 Å². The molecule has 0 aliphatic carbocycles. The maximum atomic E-state index is 13.3. The lowest BCUT2D eigenvalue weighted by Crippen LogP contribution is -2.41. The number of carbonyl (C=O) groups excluding carboxylic acids is 1. The number of amides is 1. The average molecular weight is 249 g/mol. The van der Waals surface area contributed by atoms with Crippen LogP contribution in [-0.2, 0) is 9.53 Å². The molecule has 0 saturated carbocycles. The van der Waals surface area contributed by atoms with E-state index in [1.807, 2.05) is 6.92 Å². The molecule has 6 heteroatoms. The third-order valence-electron chi connectivity index (χ3n) is 2.42. The van der Waals surface area contributed by atoms with Crippen LogP contribution < -0.4 is 5.32 Å². The Bertz CT molecular complexity index is 248. The highest BCUT2D eigenvalue weighted by atomic mass is 19.1. The zero-order valence-electron chi connectivity index (χ0n) is 10.2. The number of unbranched alkanes of at least 4 members (excludes halogenated alkanes) is 1. The molecule has 1 unspecified atom stereocenters. The Balaban J connectivity index is 4.00. The van der Waals surface area contributed by atoms with E-state index in [2.05, 4.69) is 10.1 Å². The monoisotopic (exact) mass is 249 g/mol. The molecule has 0 aromatic heterocycles. The number of hydrogen-bond donors (Lipinski definition) is 2. The molecule has 0 bridgehead atoms. The molecule has 0 radical (unpaired) electrons. The van der Waals surface area contributed by atoms with Gasteiger partial charge in [-0.2, -0.15) is 0 Å². The number of nitrogens with one attached hydrogen (secondary N) is 1. The van der Waals surface area contributed by atoms with E-state index in [1.165, 1.54) is 0 Å². The van der Waals surface area contributed by atoms with Gasteiger partial charge in [0.25, 0.3) is 0 Å². The second-order valence-electron chi connectivity index (χ2n) is 3.84. The highest BCUT2D eigenvalue weighted by molar-refractivity contribution is 5.79. The summed E-state index contributed by atoms with van der Waals surface area (Å²) in [5.41, 5.74) is 0. The number of aliphatic carboxylic acids is 1. The molecule has 0 aromatic carbocycles. The molecule has 0 fully saturated rings. The summed E-state index contributed by atoms with van der Waals surface area (Å²) >= 11 is 0. The first-order valence-corrected chi connectivity index (χ1v) is 5.72. The molecule has 0 rings (SSSR count). The van der Waals surface area contributed by atoms with Crippen LogP contribution in [0.5, 0.6) is 0 Å². The number of ether oxygens (including phenoxy) is 1. The smallest absolute Gasteiger partial charge is 0.407 e. The number of alkyl halides is 1. The zero-order chi connectivity index (χ0) is 13.3. The van der Waals surface area contributed by atoms with Crippen molar-refractivity contribution in [2.45, 2.75) is 51.2 Å². The number of hydrogen-bond acceptors (Lipinski definition) is 3. The maximum Gasteiger partial charge on any atom is 0.407 e. The molecule has 17 heavy (non-hydrogen) atoms. The van der Waals surface area contributed by atoms with Gasteiger partial charge in [-0.1, -0.05) is 19.8 Å². The Morgan fingerprint density at radius 3 is 2.47 bits per heavy atom. The van der Waals surface area contributed by atoms with Crippen LogP contribution in [0, 0.1) is 0 Å². The second kappa shape index (κ2) is 8.78. The van der Waals surface area contributed by atoms with Crippen LogP contribution in [-0.4, -0.2) is 36.5 Å². The Morgan fingerprint density at radius 1 is 1.35 bits per heavy atom. The van der Waals surface area contributed by atoms with Gasteiger partial charge in [0.05, 0.1) is 7.11 Å². The molecular formula is C11H20FNO4. The van der Waals surface area contributed by atoms with Gasteiger partial charge in [0.1, 0.15) is 12.2 Å². The number of carboxylic acids is 1. The van der Waals surface area contributed by atoms with Crippen molar-refractivity contribution in [2.24, 2.45) is 0 Å². The molecule has 0 saturated heterocycles. The summed E-state index contributed by atoms with van der Waals surface area (Å²) < 4.78 is 17.6. The molecule has 1 amide bonds. The van der Waals surface area contributed by atoms with Gasteiger partial charge >= 0.3 is 12.1 Å². The molecule has 0 heterocycles. The normalized spacial score (nSPS) is 13.8. The lowest BCUT2D eigenvalue weighted by atomic mass is 10.0. The van der Waals surface area contributed by atoms with Crippen LogP contribution in [0.4, 0.5) is 9.18 Å². The molecule has 100 valence electrons. The summed E-state index contributed by atoms with van der Waals surface area (Å²) in [7, 11) is 1.15. The highest BCUT2D eigenvalue weighted by Crippen LogP contribution is 2.12. The molecule has 0 spiro atoms. The maximum absolute atomic E-state index is 13.3. The summed E-state index contributed by atoms with van der Waals surface area (Å²) in [5.74, 6) is -1.18. The second-order valence-corrected chi connectivity index (χ2v) is 3.84. The minimum absolute atomic E-state index is 0.0648. The molecule has 0 aliphatic rings. The number of methoxy groups -OCH3 is 1. The zero-order valence-corrected chi connectivity index (χ0v) is 10.2. The summed E-state index contributed by atoms with van der Waals surface area (Å²) in [6, 6.07) is -1.10. The van der Waals surface area contributed by atoms with Crippen LogP contribution in [0.2, 0.25) is 0 Å². The van der Waals surface area contributed by atoms with Crippen molar-refractivity contribution in [3.63, 3.8) is 0 Å². The van der Waals surface area contributed by atoms with Crippen LogP contribution in [0.15, 0.2) is 0 Å². The van der Waals surface area contributed by atoms with E-state index in [1.54, 1.807) is 0 Å². The van der Waals surface area contributed by atoms with Crippen LogP contribution in [0.25, 0.3) is 0 Å². The van der Waals surface area contributed by atoms with Gasteiger partial charge in [-0.05, 0) is 19.3 Å². The minimum atomic E-state index is -1.18. The summed E-state index contributed by atoms with van der Waals surface area (Å²) in [6.07, 6.45) is 0.474. The quantitative estimate of drug-likeness (QED) is 0.690. The van der Waals surface area contributed by atoms with Gasteiger partial charge in [0, 0.05) is 0 Å². The van der Waals surface area contributed by atoms with Crippen molar-refractivity contribution in [3.05, 3.63) is 0 Å². The van der Waals surface area contributed by atoms with Crippen molar-refractivity contribution < 1.29 is 23.8 Å². The Kier molecular flexibility index (Phi) is 8.09. The van der Waals surface area contributed by atoms with Gasteiger partial charge in [0.2, 0.25) is 0 Å². The first-order valence-electron chi connectivity index (χ1n) is 5.72. The number of rotatable bonds is 8. The average Bonchev–Trinajstić information content (AvgIpc) is 2.30. The SMILES string of the molecule is CCCCC(F)CC[C@@H](NC(=O)OC)C(=O)O. The van der Waals surface area contributed by atoms with Gasteiger partial charge in [-0.3, -0.25) is 0 Å². The Morgan fingerprint density at radius 2 is 2.00 bits per heavy atom. The van der Waals surface area contributed by atoms with Crippen molar-refractivity contribution >= 4 is 12.1 Å². The predicted octanol–water partition coefficient (Wildman–Crippen LogP) is 2.10. The van der Waals surface area contributed by atoms with Crippen molar-refractivity contribution in [3.8, 4) is 0 Å². The van der Waals surface area contributed by atoms with Gasteiger partial charge in [0.15, 0.2) is 0 Å². The molecule has 0 aliphatic heterocycles. The van der Waals surface area contributed by atoms with E-state index in [4.69, 9.17) is 5.11 Å². The lowest BCUT2D eigenvalue weighted by Gasteiger charge is -2.14. The first kappa shape index (κ1) is 15.7. The topological polar surface area (TPSA) is 75.6 Å². The van der Waals surface area contributed by atoms with Crippen LogP contribution >= 0.6 is 0 Å². The molecular weight excluding hydrogens is 229 g/mol. The first-order chi connectivity index (χ1) is 8.01. The number of halogens is 1. The Hall–Kier alpha value is -1.33. The molecule has 2 N–H and O–H groups in total. The van der Waals surface area contributed by atoms with Crippen molar-refractivity contribution in [1.82, 2.24) is 5.32 Å². The Labute approximate surface area is 100 Å². The summed E-state index contributed by atoms with van der Waals surface area (Å²) in [5, 5.41) is 11.0. The minimum Gasteiger partial charge on any atom is -0.480 e. The number of carbonyl (C=O) groups is 2. The third kappa shape index (κ3) is 7.54. The van der Waals surface area contributed by atoms with E-state index in [0.717, 1.165) is 20.0 Å². The summed E-state index contributed by atoms with van der Waals surface area (Å²) in [6.45, 7) is 1.96. The molecule has 5 nitrogen and oxygen atoms in total. The lowest BCUT2D eigenvalue weighted by molar-refractivity contribution is -0.139. The van der Waals surface area contributed by atoms with Gasteiger partial charge in [-0.25, -0.2) is 14.0 Å². The number of alkyl carbamates (subject to hydrolysis) is 1. The van der Waals surface area contributed by atoms with Gasteiger partial charge < -0.3 is 15.2 Å². The highest BCUT2D eigenvalue weighted by Gasteiger charge is 2.21. The van der Waals surface area contributed by atoms with E-state index < -0.39 is 24.3 Å². The largest absolute Gasteiger partial charge is 0.480 e. The van der Waals surface area contributed by atoms with E-state index >= 15 is 0 Å². The van der Waals surface area contributed by atoms with E-state index in [-0.39, 0.29) is 12.8 Å². The fraction of sp³-hybridized carbons (Fsp3) is 0.818. The van der Waals surface area contributed by atoms with Crippen molar-refractivity contribution in [2.75, 3.05) is 7.11 Å². The van der Waals surface area contributed by atoms with E-state index in [9.17, 15) is 14.0 Å². The predicted molar refractivity (Wildman–Crippen MR) is 60.6 cm³/mol. The summed E-state index contributed by atoms with van der Waals surface area (Å²) in [4.78, 5) is 21.6. The van der Waals surface area contributed by atoms with Crippen LogP contribution in [0.1, 0.15) is 39.0 Å². The number of carboxylic acid groups (broad SMARTS) is 1. The van der Waals surface area contributed by atoms with E-state index in [0.29, 0.717) is 6.42 Å². The van der Waals surface area contributed by atoms with Crippen LogP contribution in [0.3, 0.4) is 0 Å².